The Balaban J connectivity index is 1.68. The summed E-state index contributed by atoms with van der Waals surface area (Å²) < 4.78 is 1.45. The first-order valence-electron chi connectivity index (χ1n) is 8.53. The predicted molar refractivity (Wildman–Crippen MR) is 87.5 cm³/mol. The van der Waals surface area contributed by atoms with E-state index in [2.05, 4.69) is 4.98 Å². The van der Waals surface area contributed by atoms with Gasteiger partial charge in [0.15, 0.2) is 0 Å². The van der Waals surface area contributed by atoms with Crippen molar-refractivity contribution >= 4 is 11.6 Å². The van der Waals surface area contributed by atoms with Gasteiger partial charge in [-0.2, -0.15) is 0 Å². The lowest BCUT2D eigenvalue weighted by Gasteiger charge is -2.29. The SMILES string of the molecule is O=C(c1cnc2ccccn2c1=O)N1CCC[C@@H]1C1CCCC1. The molecule has 0 radical (unpaired) electrons. The Bertz CT molecular complexity index is 792. The number of fused-ring (bicyclic) bond motifs is 1. The highest BCUT2D eigenvalue weighted by Crippen LogP contribution is 2.35. The summed E-state index contributed by atoms with van der Waals surface area (Å²) in [5, 5.41) is 0. The Labute approximate surface area is 135 Å². The van der Waals surface area contributed by atoms with Crippen molar-refractivity contribution < 1.29 is 4.79 Å². The van der Waals surface area contributed by atoms with Crippen molar-refractivity contribution in [3.63, 3.8) is 0 Å². The minimum atomic E-state index is -0.266. The van der Waals surface area contributed by atoms with Crippen LogP contribution in [0.4, 0.5) is 0 Å². The molecule has 0 bridgehead atoms. The summed E-state index contributed by atoms with van der Waals surface area (Å²) in [4.78, 5) is 31.8. The van der Waals surface area contributed by atoms with Crippen molar-refractivity contribution in [1.29, 1.82) is 0 Å². The largest absolute Gasteiger partial charge is 0.335 e. The first-order valence-corrected chi connectivity index (χ1v) is 8.53. The van der Waals surface area contributed by atoms with Gasteiger partial charge in [0, 0.05) is 25.0 Å². The summed E-state index contributed by atoms with van der Waals surface area (Å²) in [6, 6.07) is 5.69. The Morgan fingerprint density at radius 2 is 1.96 bits per heavy atom. The van der Waals surface area contributed by atoms with E-state index in [9.17, 15) is 9.59 Å². The van der Waals surface area contributed by atoms with E-state index in [1.165, 1.54) is 36.3 Å². The molecule has 0 spiro atoms. The number of aromatic nitrogens is 2. The van der Waals surface area contributed by atoms with E-state index in [-0.39, 0.29) is 17.0 Å². The van der Waals surface area contributed by atoms with E-state index >= 15 is 0 Å². The fraction of sp³-hybridized carbons (Fsp3) is 0.500. The van der Waals surface area contributed by atoms with Gasteiger partial charge in [-0.1, -0.05) is 18.9 Å². The van der Waals surface area contributed by atoms with Crippen molar-refractivity contribution in [3.8, 4) is 0 Å². The van der Waals surface area contributed by atoms with Crippen LogP contribution >= 0.6 is 0 Å². The second-order valence-corrected chi connectivity index (χ2v) is 6.66. The number of hydrogen-bond donors (Lipinski definition) is 0. The predicted octanol–water partition coefficient (Wildman–Crippen LogP) is 2.49. The Morgan fingerprint density at radius 1 is 1.13 bits per heavy atom. The normalized spacial score (nSPS) is 22.1. The lowest BCUT2D eigenvalue weighted by Crippen LogP contribution is -2.42. The summed E-state index contributed by atoms with van der Waals surface area (Å²) in [6.45, 7) is 0.761. The summed E-state index contributed by atoms with van der Waals surface area (Å²) in [5.74, 6) is 0.466. The van der Waals surface area contributed by atoms with Crippen molar-refractivity contribution in [2.75, 3.05) is 6.54 Å². The number of pyridine rings is 1. The summed E-state index contributed by atoms with van der Waals surface area (Å²) in [5.41, 5.74) is 0.499. The third kappa shape index (κ3) is 2.44. The van der Waals surface area contributed by atoms with Gasteiger partial charge >= 0.3 is 0 Å². The molecule has 5 heteroatoms. The Hall–Kier alpha value is -2.17. The molecule has 2 fully saturated rings. The lowest BCUT2D eigenvalue weighted by atomic mass is 9.96. The quantitative estimate of drug-likeness (QED) is 0.856. The van der Waals surface area contributed by atoms with Crippen LogP contribution in [-0.2, 0) is 0 Å². The fourth-order valence-electron chi connectivity index (χ4n) is 4.21. The number of nitrogens with zero attached hydrogens (tertiary/aromatic N) is 3. The number of carbonyl (C=O) groups is 1. The number of amides is 1. The molecule has 1 amide bonds. The zero-order chi connectivity index (χ0) is 15.8. The zero-order valence-corrected chi connectivity index (χ0v) is 13.1. The van der Waals surface area contributed by atoms with E-state index in [0.29, 0.717) is 17.6 Å². The molecule has 1 aliphatic carbocycles. The molecule has 4 rings (SSSR count). The maximum atomic E-state index is 13.0. The molecule has 1 aliphatic heterocycles. The minimum Gasteiger partial charge on any atom is -0.335 e. The Morgan fingerprint density at radius 3 is 2.78 bits per heavy atom. The van der Waals surface area contributed by atoms with Crippen LogP contribution in [0.3, 0.4) is 0 Å². The summed E-state index contributed by atoms with van der Waals surface area (Å²) in [7, 11) is 0. The number of likely N-dealkylation sites (tertiary alicyclic amines) is 1. The van der Waals surface area contributed by atoms with Crippen LogP contribution in [0.15, 0.2) is 35.4 Å². The fourth-order valence-corrected chi connectivity index (χ4v) is 4.21. The third-order valence-electron chi connectivity index (χ3n) is 5.35. The molecule has 1 saturated heterocycles. The topological polar surface area (TPSA) is 54.7 Å². The van der Waals surface area contributed by atoms with Gasteiger partial charge in [0.2, 0.25) is 0 Å². The van der Waals surface area contributed by atoms with Crippen LogP contribution in [0.2, 0.25) is 0 Å². The zero-order valence-electron chi connectivity index (χ0n) is 13.1. The molecule has 2 aromatic heterocycles. The van der Waals surface area contributed by atoms with Gasteiger partial charge in [-0.05, 0) is 43.7 Å². The van der Waals surface area contributed by atoms with Crippen LogP contribution < -0.4 is 5.56 Å². The van der Waals surface area contributed by atoms with Crippen molar-refractivity contribution in [2.45, 2.75) is 44.6 Å². The van der Waals surface area contributed by atoms with Gasteiger partial charge in [0.05, 0.1) is 0 Å². The van der Waals surface area contributed by atoms with E-state index in [1.807, 2.05) is 11.0 Å². The molecule has 23 heavy (non-hydrogen) atoms. The molecule has 1 atom stereocenters. The van der Waals surface area contributed by atoms with Gasteiger partial charge in [-0.25, -0.2) is 4.98 Å². The number of rotatable bonds is 2. The number of hydrogen-bond acceptors (Lipinski definition) is 3. The summed E-state index contributed by atoms with van der Waals surface area (Å²) in [6.07, 6.45) is 10.2. The monoisotopic (exact) mass is 311 g/mol. The average molecular weight is 311 g/mol. The van der Waals surface area contributed by atoms with Crippen LogP contribution in [0, 0.1) is 5.92 Å². The van der Waals surface area contributed by atoms with Crippen LogP contribution in [0.25, 0.3) is 5.65 Å². The maximum absolute atomic E-state index is 13.0. The molecule has 2 aromatic rings. The first-order chi connectivity index (χ1) is 11.3. The minimum absolute atomic E-state index is 0.143. The highest BCUT2D eigenvalue weighted by molar-refractivity contribution is 5.94. The lowest BCUT2D eigenvalue weighted by molar-refractivity contribution is 0.0686. The molecule has 120 valence electrons. The highest BCUT2D eigenvalue weighted by Gasteiger charge is 2.37. The third-order valence-corrected chi connectivity index (χ3v) is 5.35. The molecule has 5 nitrogen and oxygen atoms in total. The van der Waals surface area contributed by atoms with Gasteiger partial charge in [0.1, 0.15) is 11.2 Å². The van der Waals surface area contributed by atoms with E-state index in [4.69, 9.17) is 0 Å². The van der Waals surface area contributed by atoms with Crippen molar-refractivity contribution in [3.05, 3.63) is 46.5 Å². The molecule has 0 N–H and O–H groups in total. The van der Waals surface area contributed by atoms with Crippen LogP contribution in [0.1, 0.15) is 48.9 Å². The smallest absolute Gasteiger partial charge is 0.270 e. The van der Waals surface area contributed by atoms with Gasteiger partial charge in [-0.15, -0.1) is 0 Å². The molecule has 2 aliphatic rings. The highest BCUT2D eigenvalue weighted by atomic mass is 16.2. The van der Waals surface area contributed by atoms with Crippen molar-refractivity contribution in [2.24, 2.45) is 5.92 Å². The average Bonchev–Trinajstić information content (AvgIpc) is 3.26. The van der Waals surface area contributed by atoms with Crippen LogP contribution in [0.5, 0.6) is 0 Å². The molecule has 3 heterocycles. The van der Waals surface area contributed by atoms with Crippen LogP contribution in [-0.4, -0.2) is 32.8 Å². The summed E-state index contributed by atoms with van der Waals surface area (Å²) >= 11 is 0. The van der Waals surface area contributed by atoms with Gasteiger partial charge in [0.25, 0.3) is 11.5 Å². The molecular formula is C18H21N3O2. The van der Waals surface area contributed by atoms with E-state index in [0.717, 1.165) is 19.4 Å². The Kier molecular flexibility index (Phi) is 3.63. The molecule has 0 aromatic carbocycles. The van der Waals surface area contributed by atoms with Crippen molar-refractivity contribution in [1.82, 2.24) is 14.3 Å². The standard InChI is InChI=1S/C18H21N3O2/c22-17(20-11-5-8-15(20)13-6-1-2-7-13)14-12-19-16-9-3-4-10-21(16)18(14)23/h3-4,9-10,12-13,15H,1-2,5-8,11H2/t15-/m1/s1. The molecular weight excluding hydrogens is 290 g/mol. The van der Waals surface area contributed by atoms with E-state index < -0.39 is 0 Å². The number of carbonyl (C=O) groups excluding carboxylic acids is 1. The van der Waals surface area contributed by atoms with Gasteiger partial charge in [-0.3, -0.25) is 14.0 Å². The first kappa shape index (κ1) is 14.4. The van der Waals surface area contributed by atoms with E-state index in [1.54, 1.807) is 18.3 Å². The van der Waals surface area contributed by atoms with Gasteiger partial charge < -0.3 is 4.90 Å². The second-order valence-electron chi connectivity index (χ2n) is 6.66. The second kappa shape index (κ2) is 5.80. The molecule has 1 saturated carbocycles. The molecule has 0 unspecified atom stereocenters. The maximum Gasteiger partial charge on any atom is 0.270 e.